The Balaban J connectivity index is 0.00000208. The van der Waals surface area contributed by atoms with E-state index in [0.29, 0.717) is 0 Å². The molecular weight excluding hydrogens is 348 g/mol. The monoisotopic (exact) mass is 374 g/mol. The van der Waals surface area contributed by atoms with Crippen LogP contribution in [0.1, 0.15) is 46.8 Å². The van der Waals surface area contributed by atoms with E-state index in [-0.39, 0.29) is 42.5 Å². The Kier molecular flexibility index (Phi) is 6.67. The fourth-order valence-electron chi connectivity index (χ4n) is 3.40. The fourth-order valence-corrected chi connectivity index (χ4v) is 4.71. The number of ether oxygens (including phenoxy) is 1. The number of nitrogens with one attached hydrogen (secondary N) is 2. The zero-order valence-corrected chi connectivity index (χ0v) is 15.9. The van der Waals surface area contributed by atoms with Gasteiger partial charge in [-0.15, -0.1) is 23.7 Å². The molecule has 1 spiro atoms. The Labute approximate surface area is 153 Å². The van der Waals surface area contributed by atoms with Crippen molar-refractivity contribution in [3.05, 3.63) is 21.4 Å². The number of amides is 1. The predicted molar refractivity (Wildman–Crippen MR) is 98.2 cm³/mol. The molecule has 0 radical (unpaired) electrons. The quantitative estimate of drug-likeness (QED) is 0.754. The molecule has 1 aromatic rings. The SMILES string of the molecule is CC(C)[C@@H](CO)NC(=O)c1cc2c(s1)C1(CCNCC1)OCC2.Cl. The molecule has 1 saturated heterocycles. The molecule has 3 heterocycles. The zero-order chi connectivity index (χ0) is 16.4. The second-order valence-electron chi connectivity index (χ2n) is 6.81. The second-order valence-corrected chi connectivity index (χ2v) is 7.87. The van der Waals surface area contributed by atoms with Gasteiger partial charge in [-0.25, -0.2) is 0 Å². The van der Waals surface area contributed by atoms with Crippen molar-refractivity contribution in [3.63, 3.8) is 0 Å². The molecule has 3 N–H and O–H groups in total. The Morgan fingerprint density at radius 3 is 2.79 bits per heavy atom. The highest BCUT2D eigenvalue weighted by Crippen LogP contribution is 2.44. The predicted octanol–water partition coefficient (Wildman–Crippen LogP) is 2.07. The van der Waals surface area contributed by atoms with Crippen molar-refractivity contribution in [3.8, 4) is 0 Å². The number of aliphatic hydroxyl groups excluding tert-OH is 1. The van der Waals surface area contributed by atoms with E-state index in [1.165, 1.54) is 10.4 Å². The standard InChI is InChI=1S/C17H26N2O3S.ClH/c1-11(2)13(10-20)19-16(21)14-9-12-3-8-22-17(15(12)23-14)4-6-18-7-5-17;/h9,11,13,18,20H,3-8,10H2,1-2H3,(H,19,21);1H/t13-;/m1./s1. The molecule has 2 aliphatic rings. The first kappa shape index (κ1) is 19.7. The van der Waals surface area contributed by atoms with Crippen LogP contribution in [0.15, 0.2) is 6.07 Å². The molecule has 1 aromatic heterocycles. The lowest BCUT2D eigenvalue weighted by molar-refractivity contribution is -0.0771. The first-order valence-corrected chi connectivity index (χ1v) is 9.27. The van der Waals surface area contributed by atoms with Gasteiger partial charge in [-0.2, -0.15) is 0 Å². The number of fused-ring (bicyclic) bond motifs is 2. The smallest absolute Gasteiger partial charge is 0.261 e. The highest BCUT2D eigenvalue weighted by Gasteiger charge is 2.41. The number of aliphatic hydroxyl groups is 1. The van der Waals surface area contributed by atoms with Gasteiger partial charge in [-0.05, 0) is 49.9 Å². The van der Waals surface area contributed by atoms with Crippen LogP contribution in [0.3, 0.4) is 0 Å². The molecule has 0 unspecified atom stereocenters. The molecule has 0 bridgehead atoms. The van der Waals surface area contributed by atoms with E-state index < -0.39 is 0 Å². The first-order chi connectivity index (χ1) is 11.1. The van der Waals surface area contributed by atoms with E-state index in [1.807, 2.05) is 19.9 Å². The van der Waals surface area contributed by atoms with E-state index >= 15 is 0 Å². The summed E-state index contributed by atoms with van der Waals surface area (Å²) in [6, 6.07) is 1.82. The van der Waals surface area contributed by atoms with Crippen molar-refractivity contribution < 1.29 is 14.6 Å². The van der Waals surface area contributed by atoms with Gasteiger partial charge in [0.15, 0.2) is 0 Å². The second kappa shape index (κ2) is 8.15. The van der Waals surface area contributed by atoms with Gasteiger partial charge in [0.2, 0.25) is 0 Å². The van der Waals surface area contributed by atoms with Gasteiger partial charge in [-0.1, -0.05) is 13.8 Å². The van der Waals surface area contributed by atoms with Gasteiger partial charge in [0.25, 0.3) is 5.91 Å². The summed E-state index contributed by atoms with van der Waals surface area (Å²) in [6.07, 6.45) is 2.81. The highest BCUT2D eigenvalue weighted by molar-refractivity contribution is 7.14. The molecule has 0 saturated carbocycles. The number of thiophene rings is 1. The number of hydrogen-bond donors (Lipinski definition) is 3. The minimum atomic E-state index is -0.203. The summed E-state index contributed by atoms with van der Waals surface area (Å²) in [6.45, 7) is 6.61. The number of hydrogen-bond acceptors (Lipinski definition) is 5. The first-order valence-electron chi connectivity index (χ1n) is 8.45. The molecule has 3 rings (SSSR count). The lowest BCUT2D eigenvalue weighted by Gasteiger charge is -2.40. The average molecular weight is 375 g/mol. The van der Waals surface area contributed by atoms with Gasteiger partial charge >= 0.3 is 0 Å². The molecule has 7 heteroatoms. The summed E-state index contributed by atoms with van der Waals surface area (Å²) in [5, 5.41) is 15.7. The van der Waals surface area contributed by atoms with Crippen molar-refractivity contribution in [2.24, 2.45) is 5.92 Å². The topological polar surface area (TPSA) is 70.6 Å². The zero-order valence-electron chi connectivity index (χ0n) is 14.3. The van der Waals surface area contributed by atoms with Crippen LogP contribution < -0.4 is 10.6 Å². The minimum absolute atomic E-state index is 0. The molecule has 1 amide bonds. The maximum atomic E-state index is 12.5. The summed E-state index contributed by atoms with van der Waals surface area (Å²) in [5.41, 5.74) is 1.06. The molecule has 2 aliphatic heterocycles. The maximum absolute atomic E-state index is 12.5. The normalized spacial score (nSPS) is 20.3. The van der Waals surface area contributed by atoms with Crippen LogP contribution >= 0.6 is 23.7 Å². The van der Waals surface area contributed by atoms with Crippen molar-refractivity contribution in [1.82, 2.24) is 10.6 Å². The summed E-state index contributed by atoms with van der Waals surface area (Å²) >= 11 is 1.57. The molecular formula is C17H27ClN2O3S. The Morgan fingerprint density at radius 2 is 2.17 bits per heavy atom. The van der Waals surface area contributed by atoms with Crippen molar-refractivity contribution >= 4 is 29.7 Å². The third-order valence-electron chi connectivity index (χ3n) is 4.93. The third-order valence-corrected chi connectivity index (χ3v) is 6.29. The van der Waals surface area contributed by atoms with Gasteiger partial charge in [0, 0.05) is 4.88 Å². The summed E-state index contributed by atoms with van der Waals surface area (Å²) in [5.74, 6) is 0.124. The minimum Gasteiger partial charge on any atom is -0.394 e. The van der Waals surface area contributed by atoms with Crippen LogP contribution in [0.4, 0.5) is 0 Å². The molecule has 1 atom stereocenters. The van der Waals surface area contributed by atoms with Gasteiger partial charge in [0.1, 0.15) is 5.60 Å². The summed E-state index contributed by atoms with van der Waals surface area (Å²) in [7, 11) is 0. The van der Waals surface area contributed by atoms with Crippen LogP contribution in [0.2, 0.25) is 0 Å². The summed E-state index contributed by atoms with van der Waals surface area (Å²) in [4.78, 5) is 14.5. The Morgan fingerprint density at radius 1 is 1.46 bits per heavy atom. The number of rotatable bonds is 4. The van der Waals surface area contributed by atoms with Crippen LogP contribution in [0, 0.1) is 5.92 Å². The third kappa shape index (κ3) is 3.78. The van der Waals surface area contributed by atoms with Crippen molar-refractivity contribution in [2.45, 2.75) is 44.8 Å². The van der Waals surface area contributed by atoms with Crippen molar-refractivity contribution in [1.29, 1.82) is 0 Å². The van der Waals surface area contributed by atoms with E-state index in [9.17, 15) is 9.90 Å². The number of carbonyl (C=O) groups is 1. The van der Waals surface area contributed by atoms with E-state index in [0.717, 1.165) is 43.8 Å². The Hall–Kier alpha value is -0.660. The van der Waals surface area contributed by atoms with E-state index in [4.69, 9.17) is 4.74 Å². The van der Waals surface area contributed by atoms with Crippen LogP contribution in [-0.2, 0) is 16.8 Å². The van der Waals surface area contributed by atoms with Crippen LogP contribution in [0.25, 0.3) is 0 Å². The fraction of sp³-hybridized carbons (Fsp3) is 0.706. The largest absolute Gasteiger partial charge is 0.394 e. The van der Waals surface area contributed by atoms with E-state index in [1.54, 1.807) is 11.3 Å². The van der Waals surface area contributed by atoms with Crippen LogP contribution in [0.5, 0.6) is 0 Å². The van der Waals surface area contributed by atoms with Gasteiger partial charge in [0.05, 0.1) is 24.1 Å². The molecule has 24 heavy (non-hydrogen) atoms. The molecule has 5 nitrogen and oxygen atoms in total. The molecule has 0 aliphatic carbocycles. The van der Waals surface area contributed by atoms with Gasteiger partial charge < -0.3 is 20.5 Å². The lowest BCUT2D eigenvalue weighted by Crippen LogP contribution is -2.44. The lowest BCUT2D eigenvalue weighted by atomic mass is 9.86. The van der Waals surface area contributed by atoms with Crippen LogP contribution in [-0.4, -0.2) is 43.4 Å². The average Bonchev–Trinajstić information content (AvgIpc) is 2.99. The number of piperidine rings is 1. The number of halogens is 1. The molecule has 1 fully saturated rings. The number of carbonyl (C=O) groups excluding carboxylic acids is 1. The highest BCUT2D eigenvalue weighted by atomic mass is 35.5. The molecule has 0 aromatic carbocycles. The molecule has 136 valence electrons. The van der Waals surface area contributed by atoms with Gasteiger partial charge in [-0.3, -0.25) is 4.79 Å². The van der Waals surface area contributed by atoms with E-state index in [2.05, 4.69) is 10.6 Å². The Bertz CT molecular complexity index is 570. The van der Waals surface area contributed by atoms with Crippen molar-refractivity contribution in [2.75, 3.05) is 26.3 Å². The summed E-state index contributed by atoms with van der Waals surface area (Å²) < 4.78 is 6.17. The maximum Gasteiger partial charge on any atom is 0.261 e.